The quantitative estimate of drug-likeness (QED) is 0.588. The van der Waals surface area contributed by atoms with Crippen LogP contribution in [0.5, 0.6) is 0 Å². The molecule has 2 rings (SSSR count). The smallest absolute Gasteiger partial charge is 0.326 e. The van der Waals surface area contributed by atoms with Crippen molar-refractivity contribution in [2.75, 3.05) is 11.9 Å². The normalized spacial score (nSPS) is 16.8. The first kappa shape index (κ1) is 21.9. The number of ether oxygens (including phenoxy) is 1. The van der Waals surface area contributed by atoms with Crippen LogP contribution >= 0.6 is 0 Å². The third-order valence-electron chi connectivity index (χ3n) is 5.57. The maximum Gasteiger partial charge on any atom is 0.326 e. The molecule has 1 saturated carbocycles. The molecule has 1 aliphatic carbocycles. The summed E-state index contributed by atoms with van der Waals surface area (Å²) in [6.07, 6.45) is 4.55. The summed E-state index contributed by atoms with van der Waals surface area (Å²) in [5.41, 5.74) is 1.48. The van der Waals surface area contributed by atoms with E-state index in [2.05, 4.69) is 5.32 Å². The lowest BCUT2D eigenvalue weighted by Gasteiger charge is -2.36. The minimum atomic E-state index is -0.877. The molecule has 0 aliphatic heterocycles. The van der Waals surface area contributed by atoms with Crippen LogP contribution in [0.2, 0.25) is 0 Å². The molecule has 6 nitrogen and oxygen atoms in total. The molecule has 1 fully saturated rings. The van der Waals surface area contributed by atoms with Gasteiger partial charge in [0.05, 0.1) is 6.42 Å². The van der Waals surface area contributed by atoms with Gasteiger partial charge in [0.15, 0.2) is 11.9 Å². The minimum Gasteiger partial charge on any atom is -0.481 e. The SMILES string of the molecule is CCc1ccccc1NCC(=O)OC(C)C(=O)CC1(CC(=O)O)CCCCC1. The number of aliphatic carboxylic acids is 1. The highest BCUT2D eigenvalue weighted by Crippen LogP contribution is 2.42. The Hall–Kier alpha value is -2.37. The number of anilines is 1. The lowest BCUT2D eigenvalue weighted by molar-refractivity contribution is -0.154. The number of ketones is 1. The zero-order valence-corrected chi connectivity index (χ0v) is 16.8. The molecule has 0 amide bonds. The summed E-state index contributed by atoms with van der Waals surface area (Å²) in [6, 6.07) is 7.73. The van der Waals surface area contributed by atoms with Crippen LogP contribution in [-0.4, -0.2) is 35.5 Å². The number of carboxylic acids is 1. The number of esters is 1. The standard InChI is InChI=1S/C22H31NO5/c1-3-17-9-5-6-10-18(17)23-15-21(27)28-16(2)19(24)13-22(14-20(25)26)11-7-4-8-12-22/h5-6,9-10,16,23H,3-4,7-8,11-15H2,1-2H3,(H,25,26). The molecule has 1 aliphatic rings. The second-order valence-electron chi connectivity index (χ2n) is 7.77. The number of hydrogen-bond acceptors (Lipinski definition) is 5. The average Bonchev–Trinajstić information content (AvgIpc) is 2.66. The van der Waals surface area contributed by atoms with Crippen LogP contribution in [0.1, 0.15) is 64.4 Å². The van der Waals surface area contributed by atoms with E-state index in [0.717, 1.165) is 49.8 Å². The van der Waals surface area contributed by atoms with Gasteiger partial charge in [-0.05, 0) is 43.2 Å². The van der Waals surface area contributed by atoms with Gasteiger partial charge in [0.25, 0.3) is 0 Å². The van der Waals surface area contributed by atoms with Gasteiger partial charge in [0.2, 0.25) is 0 Å². The number of aryl methyl sites for hydroxylation is 1. The van der Waals surface area contributed by atoms with E-state index < -0.39 is 23.5 Å². The third kappa shape index (κ3) is 6.36. The molecule has 0 spiro atoms. The zero-order valence-electron chi connectivity index (χ0n) is 16.8. The predicted octanol–water partition coefficient (Wildman–Crippen LogP) is 3.98. The zero-order chi connectivity index (χ0) is 20.6. The van der Waals surface area contributed by atoms with Gasteiger partial charge in [-0.3, -0.25) is 14.4 Å². The summed E-state index contributed by atoms with van der Waals surface area (Å²) < 4.78 is 5.30. The Morgan fingerprint density at radius 2 is 1.82 bits per heavy atom. The monoisotopic (exact) mass is 389 g/mol. The van der Waals surface area contributed by atoms with Gasteiger partial charge in [-0.15, -0.1) is 0 Å². The van der Waals surface area contributed by atoms with Crippen molar-refractivity contribution in [3.05, 3.63) is 29.8 Å². The second kappa shape index (κ2) is 10.2. The van der Waals surface area contributed by atoms with Crippen molar-refractivity contribution in [1.82, 2.24) is 0 Å². The van der Waals surface area contributed by atoms with Gasteiger partial charge in [-0.1, -0.05) is 44.4 Å². The van der Waals surface area contributed by atoms with Gasteiger partial charge < -0.3 is 15.2 Å². The molecule has 0 aromatic heterocycles. The van der Waals surface area contributed by atoms with Crippen molar-refractivity contribution in [1.29, 1.82) is 0 Å². The number of rotatable bonds is 10. The Balaban J connectivity index is 1.88. The molecule has 154 valence electrons. The molecule has 1 atom stereocenters. The van der Waals surface area contributed by atoms with E-state index in [0.29, 0.717) is 0 Å². The fraction of sp³-hybridized carbons (Fsp3) is 0.591. The van der Waals surface area contributed by atoms with E-state index in [9.17, 15) is 19.5 Å². The lowest BCUT2D eigenvalue weighted by Crippen LogP contribution is -2.35. The molecule has 0 saturated heterocycles. The van der Waals surface area contributed by atoms with Gasteiger partial charge in [0, 0.05) is 12.1 Å². The highest BCUT2D eigenvalue weighted by molar-refractivity contribution is 5.87. The van der Waals surface area contributed by atoms with E-state index in [4.69, 9.17) is 4.74 Å². The first-order chi connectivity index (χ1) is 13.3. The Morgan fingerprint density at radius 3 is 2.46 bits per heavy atom. The van der Waals surface area contributed by atoms with Gasteiger partial charge in [-0.25, -0.2) is 0 Å². The minimum absolute atomic E-state index is 0.00519. The topological polar surface area (TPSA) is 92.7 Å². The fourth-order valence-corrected chi connectivity index (χ4v) is 4.02. The predicted molar refractivity (Wildman–Crippen MR) is 107 cm³/mol. The molecule has 0 radical (unpaired) electrons. The van der Waals surface area contributed by atoms with E-state index in [1.54, 1.807) is 6.92 Å². The van der Waals surface area contributed by atoms with Crippen LogP contribution in [0.25, 0.3) is 0 Å². The summed E-state index contributed by atoms with van der Waals surface area (Å²) in [5, 5.41) is 12.3. The molecule has 2 N–H and O–H groups in total. The highest BCUT2D eigenvalue weighted by atomic mass is 16.5. The highest BCUT2D eigenvalue weighted by Gasteiger charge is 2.38. The largest absolute Gasteiger partial charge is 0.481 e. The van der Waals surface area contributed by atoms with E-state index >= 15 is 0 Å². The Morgan fingerprint density at radius 1 is 1.14 bits per heavy atom. The molecule has 0 heterocycles. The van der Waals surface area contributed by atoms with Crippen molar-refractivity contribution in [2.45, 2.75) is 71.3 Å². The second-order valence-corrected chi connectivity index (χ2v) is 7.77. The van der Waals surface area contributed by atoms with Crippen molar-refractivity contribution in [3.63, 3.8) is 0 Å². The van der Waals surface area contributed by atoms with Gasteiger partial charge >= 0.3 is 11.9 Å². The number of carboxylic acid groups (broad SMARTS) is 1. The van der Waals surface area contributed by atoms with Crippen molar-refractivity contribution in [3.8, 4) is 0 Å². The summed E-state index contributed by atoms with van der Waals surface area (Å²) in [7, 11) is 0. The molecule has 1 aromatic rings. The van der Waals surface area contributed by atoms with Crippen LogP contribution in [0, 0.1) is 5.41 Å². The van der Waals surface area contributed by atoms with Crippen molar-refractivity contribution < 1.29 is 24.2 Å². The summed E-state index contributed by atoms with van der Waals surface area (Å²) in [5.74, 6) is -1.58. The number of Topliss-reactive ketones (excluding diaryl/α,β-unsaturated/α-hetero) is 1. The summed E-state index contributed by atoms with van der Waals surface area (Å²) in [4.78, 5) is 36.0. The molecule has 1 unspecified atom stereocenters. The van der Waals surface area contributed by atoms with Crippen molar-refractivity contribution in [2.24, 2.45) is 5.41 Å². The molecule has 6 heteroatoms. The van der Waals surface area contributed by atoms with E-state index in [1.165, 1.54) is 0 Å². The van der Waals surface area contributed by atoms with Crippen LogP contribution in [0.4, 0.5) is 5.69 Å². The molecule has 1 aromatic carbocycles. The first-order valence-corrected chi connectivity index (χ1v) is 10.1. The Kier molecular flexibility index (Phi) is 8.03. The van der Waals surface area contributed by atoms with Gasteiger partial charge in [-0.2, -0.15) is 0 Å². The summed E-state index contributed by atoms with van der Waals surface area (Å²) >= 11 is 0. The third-order valence-corrected chi connectivity index (χ3v) is 5.57. The number of carbonyl (C=O) groups is 3. The van der Waals surface area contributed by atoms with Crippen molar-refractivity contribution >= 4 is 23.4 Å². The fourth-order valence-electron chi connectivity index (χ4n) is 4.02. The summed E-state index contributed by atoms with van der Waals surface area (Å²) in [6.45, 7) is 3.59. The maximum atomic E-state index is 12.6. The molecule has 0 bridgehead atoms. The lowest BCUT2D eigenvalue weighted by atomic mass is 9.68. The average molecular weight is 389 g/mol. The maximum absolute atomic E-state index is 12.6. The molecular formula is C22H31NO5. The van der Waals surface area contributed by atoms with Gasteiger partial charge in [0.1, 0.15) is 6.54 Å². The number of para-hydroxylation sites is 1. The van der Waals surface area contributed by atoms with Crippen LogP contribution in [0.15, 0.2) is 24.3 Å². The van der Waals surface area contributed by atoms with Crippen LogP contribution < -0.4 is 5.32 Å². The molecule has 28 heavy (non-hydrogen) atoms. The van der Waals surface area contributed by atoms with Crippen LogP contribution in [-0.2, 0) is 25.5 Å². The number of carbonyl (C=O) groups excluding carboxylic acids is 2. The number of benzene rings is 1. The molecular weight excluding hydrogens is 358 g/mol. The van der Waals surface area contributed by atoms with E-state index in [-0.39, 0.29) is 25.2 Å². The number of nitrogens with one attached hydrogen (secondary N) is 1. The Bertz CT molecular complexity index is 694. The Labute approximate surface area is 166 Å². The first-order valence-electron chi connectivity index (χ1n) is 10.1. The number of hydrogen-bond donors (Lipinski definition) is 2. The van der Waals surface area contributed by atoms with Crippen LogP contribution in [0.3, 0.4) is 0 Å². The van der Waals surface area contributed by atoms with E-state index in [1.807, 2.05) is 31.2 Å².